The van der Waals surface area contributed by atoms with Crippen LogP contribution in [0, 0.1) is 0 Å². The highest BCUT2D eigenvalue weighted by molar-refractivity contribution is 7.86. The fourth-order valence-electron chi connectivity index (χ4n) is 8.11. The van der Waals surface area contributed by atoms with Crippen LogP contribution in [0.2, 0.25) is 0 Å². The van der Waals surface area contributed by atoms with Gasteiger partial charge >= 0.3 is 5.97 Å². The molecular weight excluding hydrogens is 995 g/mol. The lowest BCUT2D eigenvalue weighted by Crippen LogP contribution is -2.32. The Kier molecular flexibility index (Phi) is 21.5. The molecule has 2 aromatic carbocycles. The summed E-state index contributed by atoms with van der Waals surface area (Å²) >= 11 is 0. The highest BCUT2D eigenvalue weighted by Gasteiger charge is 2.44. The summed E-state index contributed by atoms with van der Waals surface area (Å²) in [5.41, 5.74) is 3.28. The zero-order chi connectivity index (χ0) is 51.7. The molecule has 25 heteroatoms. The van der Waals surface area contributed by atoms with Gasteiger partial charge in [-0.2, -0.15) is 25.3 Å². The SMILES string of the molecule is CCN(CCCS(=O)(=O)O)c1ccc2c(c1)OCC=C2/C=C/C=C1/N(CCOCCOCCOCCOCCOCCC(=O)ON2C(=O)CCC2=O)c2ccc(S(=O)(=O)O)cc2C1(C)CCCS(=O)(=O)O. The maximum atomic E-state index is 12.3. The average molecular weight is 1060 g/mol. The third-order valence-corrected chi connectivity index (χ3v) is 14.1. The molecule has 1 unspecified atom stereocenters. The first-order valence-electron chi connectivity index (χ1n) is 23.1. The fourth-order valence-corrected chi connectivity index (χ4v) is 9.62. The lowest BCUT2D eigenvalue weighted by molar-refractivity contribution is -0.198. The molecule has 3 aliphatic heterocycles. The van der Waals surface area contributed by atoms with E-state index < -0.39 is 59.3 Å². The Labute approximate surface area is 414 Å². The second kappa shape index (κ2) is 26.8. The van der Waals surface area contributed by atoms with Gasteiger partial charge in [-0.15, -0.1) is 5.06 Å². The van der Waals surface area contributed by atoms with E-state index in [-0.39, 0.29) is 102 Å². The summed E-state index contributed by atoms with van der Waals surface area (Å²) in [4.78, 5) is 43.2. The summed E-state index contributed by atoms with van der Waals surface area (Å²) in [6, 6.07) is 9.93. The minimum atomic E-state index is -4.62. The van der Waals surface area contributed by atoms with Crippen LogP contribution in [-0.2, 0) is 78.7 Å². The number of imide groups is 1. The van der Waals surface area contributed by atoms with Gasteiger partial charge in [0.05, 0.1) is 88.9 Å². The number of anilines is 2. The second-order valence-electron chi connectivity index (χ2n) is 16.7. The minimum Gasteiger partial charge on any atom is -0.489 e. The first kappa shape index (κ1) is 57.1. The maximum absolute atomic E-state index is 12.3. The van der Waals surface area contributed by atoms with Crippen LogP contribution in [0.3, 0.4) is 0 Å². The minimum absolute atomic E-state index is 0.0178. The zero-order valence-electron chi connectivity index (χ0n) is 39.8. The van der Waals surface area contributed by atoms with E-state index in [1.54, 1.807) is 6.07 Å². The topological polar surface area (TPSA) is 289 Å². The van der Waals surface area contributed by atoms with Gasteiger partial charge in [0.25, 0.3) is 42.2 Å². The number of hydroxylamine groups is 2. The van der Waals surface area contributed by atoms with Gasteiger partial charge in [0, 0.05) is 66.6 Å². The molecule has 0 saturated carbocycles. The maximum Gasteiger partial charge on any atom is 0.335 e. The molecule has 394 valence electrons. The Hall–Kier alpha value is -4.80. The van der Waals surface area contributed by atoms with Gasteiger partial charge < -0.3 is 43.1 Å². The molecule has 1 saturated heterocycles. The highest BCUT2D eigenvalue weighted by Crippen LogP contribution is 2.51. The molecule has 22 nitrogen and oxygen atoms in total. The van der Waals surface area contributed by atoms with Crippen molar-refractivity contribution < 1.29 is 86.6 Å². The van der Waals surface area contributed by atoms with Crippen LogP contribution in [-0.4, -0.2) is 166 Å². The van der Waals surface area contributed by atoms with Crippen molar-refractivity contribution in [1.82, 2.24) is 5.06 Å². The summed E-state index contributed by atoms with van der Waals surface area (Å²) in [7, 11) is -13.0. The first-order valence-corrected chi connectivity index (χ1v) is 27.7. The lowest BCUT2D eigenvalue weighted by atomic mass is 9.77. The van der Waals surface area contributed by atoms with Crippen molar-refractivity contribution in [2.24, 2.45) is 0 Å². The van der Waals surface area contributed by atoms with Gasteiger partial charge in [0.1, 0.15) is 12.4 Å². The molecule has 71 heavy (non-hydrogen) atoms. The van der Waals surface area contributed by atoms with Crippen molar-refractivity contribution in [2.45, 2.75) is 62.7 Å². The van der Waals surface area contributed by atoms with Crippen LogP contribution in [0.1, 0.15) is 63.5 Å². The molecule has 0 aliphatic carbocycles. The van der Waals surface area contributed by atoms with E-state index in [4.69, 9.17) is 33.3 Å². The second-order valence-corrected chi connectivity index (χ2v) is 21.2. The predicted octanol–water partition coefficient (Wildman–Crippen LogP) is 3.78. The summed E-state index contributed by atoms with van der Waals surface area (Å²) in [5, 5.41) is 0.489. The van der Waals surface area contributed by atoms with E-state index in [0.717, 1.165) is 16.8 Å². The summed E-state index contributed by atoms with van der Waals surface area (Å²) in [6.07, 6.45) is 7.83. The van der Waals surface area contributed by atoms with Crippen molar-refractivity contribution in [2.75, 3.05) is 114 Å². The third kappa shape index (κ3) is 17.7. The van der Waals surface area contributed by atoms with Crippen molar-refractivity contribution >= 4 is 65.1 Å². The summed E-state index contributed by atoms with van der Waals surface area (Å²) < 4.78 is 134. The monoisotopic (exact) mass is 1060 g/mol. The average Bonchev–Trinajstić information content (AvgIpc) is 3.74. The van der Waals surface area contributed by atoms with Crippen LogP contribution in [0.15, 0.2) is 71.3 Å². The van der Waals surface area contributed by atoms with Crippen molar-refractivity contribution in [1.29, 1.82) is 0 Å². The van der Waals surface area contributed by atoms with E-state index in [1.807, 2.05) is 66.2 Å². The summed E-state index contributed by atoms with van der Waals surface area (Å²) in [5.74, 6) is -2.11. The van der Waals surface area contributed by atoms with Gasteiger partial charge in [-0.05, 0) is 86.7 Å². The summed E-state index contributed by atoms with van der Waals surface area (Å²) in [6.45, 7) is 7.71. The Morgan fingerprint density at radius 1 is 0.789 bits per heavy atom. The van der Waals surface area contributed by atoms with E-state index in [1.165, 1.54) is 12.1 Å². The largest absolute Gasteiger partial charge is 0.489 e. The standard InChI is InChI=1S/C46H63N3O19S3/c1-3-47(18-6-32-70(56,57)58)36-9-11-38-35(15-21-67-41(38)33-36)7-4-8-42-46(2,17-5-31-69(53,54)55)39-34-37(71(59,60)61)10-12-40(39)48(42)19-22-63-24-26-65-28-30-66-29-27-64-25-23-62-20-16-45(52)68-49-43(50)13-14-44(49)51/h4,7-12,15,33-34H,3,5-6,13-14,16-32H2,1-2H3,(H,53,54,55)(H,56,57,58)(H,59,60,61)/b7-4+,42-8+. The number of nitrogens with zero attached hydrogens (tertiary/aromatic N) is 3. The van der Waals surface area contributed by atoms with E-state index >= 15 is 0 Å². The number of carbonyl (C=O) groups excluding carboxylic acids is 3. The fraction of sp³-hybridized carbons (Fsp3) is 0.543. The van der Waals surface area contributed by atoms with Gasteiger partial charge in [0.15, 0.2) is 0 Å². The molecular formula is C46H63N3O19S3. The highest BCUT2D eigenvalue weighted by atomic mass is 32.2. The van der Waals surface area contributed by atoms with Crippen molar-refractivity contribution in [3.8, 4) is 5.75 Å². The molecule has 0 radical (unpaired) electrons. The molecule has 2 aromatic rings. The number of benzene rings is 2. The molecule has 0 aromatic heterocycles. The number of amides is 2. The smallest absolute Gasteiger partial charge is 0.335 e. The van der Waals surface area contributed by atoms with Crippen molar-refractivity contribution in [3.63, 3.8) is 0 Å². The first-order chi connectivity index (χ1) is 33.7. The Morgan fingerprint density at radius 2 is 1.38 bits per heavy atom. The quantitative estimate of drug-likeness (QED) is 0.0534. The number of carbonyl (C=O) groups is 3. The molecule has 3 heterocycles. The van der Waals surface area contributed by atoms with E-state index in [0.29, 0.717) is 67.3 Å². The van der Waals surface area contributed by atoms with E-state index in [2.05, 4.69) is 0 Å². The van der Waals surface area contributed by atoms with Gasteiger partial charge in [-0.25, -0.2) is 4.79 Å². The number of hydrogen-bond donors (Lipinski definition) is 3. The lowest BCUT2D eigenvalue weighted by Gasteiger charge is -2.30. The zero-order valence-corrected chi connectivity index (χ0v) is 42.2. The van der Waals surface area contributed by atoms with Crippen molar-refractivity contribution in [3.05, 3.63) is 77.5 Å². The van der Waals surface area contributed by atoms with Gasteiger partial charge in [-0.3, -0.25) is 23.2 Å². The van der Waals surface area contributed by atoms with Crippen LogP contribution in [0.5, 0.6) is 5.75 Å². The molecule has 0 bridgehead atoms. The normalized spacial score (nSPS) is 17.8. The van der Waals surface area contributed by atoms with Crippen LogP contribution >= 0.6 is 0 Å². The Morgan fingerprint density at radius 3 is 1.97 bits per heavy atom. The molecule has 2 amide bonds. The number of allylic oxidation sites excluding steroid dienone is 5. The van der Waals surface area contributed by atoms with Gasteiger partial charge in [-0.1, -0.05) is 12.2 Å². The molecule has 5 rings (SSSR count). The van der Waals surface area contributed by atoms with Crippen LogP contribution in [0.4, 0.5) is 11.4 Å². The molecule has 1 fully saturated rings. The van der Waals surface area contributed by atoms with E-state index in [9.17, 15) is 53.3 Å². The molecule has 3 N–H and O–H groups in total. The third-order valence-electron chi connectivity index (χ3n) is 11.6. The van der Waals surface area contributed by atoms with Crippen LogP contribution in [0.25, 0.3) is 5.57 Å². The molecule has 1 atom stereocenters. The molecule has 3 aliphatic rings. The predicted molar refractivity (Wildman–Crippen MR) is 259 cm³/mol. The van der Waals surface area contributed by atoms with Crippen LogP contribution < -0.4 is 14.5 Å². The Bertz CT molecular complexity index is 2590. The number of fused-ring (bicyclic) bond motifs is 2. The Balaban J connectivity index is 1.13. The number of rotatable bonds is 32. The number of ether oxygens (including phenoxy) is 6. The number of hydrogen-bond acceptors (Lipinski definition) is 18. The molecule has 0 spiro atoms. The van der Waals surface area contributed by atoms with Gasteiger partial charge in [0.2, 0.25) is 0 Å².